The Labute approximate surface area is 146 Å². The maximum Gasteiger partial charge on any atom is 0.261 e. The first-order chi connectivity index (χ1) is 11.8. The minimum Gasteiger partial charge on any atom is -0.379 e. The molecule has 0 spiro atoms. The molecule has 0 radical (unpaired) electrons. The molecule has 1 saturated heterocycles. The largest absolute Gasteiger partial charge is 0.379 e. The lowest BCUT2D eigenvalue weighted by molar-refractivity contribution is 0.0166. The maximum atomic E-state index is 12.4. The minimum atomic E-state index is -0.0111. The third-order valence-corrected chi connectivity index (χ3v) is 4.95. The molecule has 5 heteroatoms. The van der Waals surface area contributed by atoms with E-state index in [-0.39, 0.29) is 12.0 Å². The van der Waals surface area contributed by atoms with Gasteiger partial charge in [-0.25, -0.2) is 0 Å². The number of benzene rings is 1. The van der Waals surface area contributed by atoms with Gasteiger partial charge in [-0.1, -0.05) is 30.3 Å². The van der Waals surface area contributed by atoms with Crippen molar-refractivity contribution in [3.05, 3.63) is 46.7 Å². The Kier molecular flexibility index (Phi) is 6.41. The smallest absolute Gasteiger partial charge is 0.261 e. The third kappa shape index (κ3) is 4.66. The molecule has 1 fully saturated rings. The zero-order valence-corrected chi connectivity index (χ0v) is 14.5. The van der Waals surface area contributed by atoms with Gasteiger partial charge in [-0.05, 0) is 36.3 Å². The average Bonchev–Trinajstić information content (AvgIpc) is 3.30. The molecule has 1 atom stereocenters. The Morgan fingerprint density at radius 2 is 2.17 bits per heavy atom. The molecule has 1 aromatic carbocycles. The molecule has 2 heterocycles. The van der Waals surface area contributed by atoms with Crippen molar-refractivity contribution in [2.24, 2.45) is 0 Å². The molecule has 128 valence electrons. The van der Waals surface area contributed by atoms with Crippen molar-refractivity contribution in [3.63, 3.8) is 0 Å². The molecule has 1 aliphatic heterocycles. The Bertz CT molecular complexity index is 635. The number of carbonyl (C=O) groups is 1. The van der Waals surface area contributed by atoms with Gasteiger partial charge in [0.15, 0.2) is 0 Å². The molecule has 1 unspecified atom stereocenters. The molecule has 0 bridgehead atoms. The van der Waals surface area contributed by atoms with E-state index in [1.165, 1.54) is 11.3 Å². The molecule has 2 aromatic rings. The summed E-state index contributed by atoms with van der Waals surface area (Å²) in [4.78, 5) is 13.1. The number of hydrogen-bond donors (Lipinski definition) is 1. The molecule has 0 saturated carbocycles. The summed E-state index contributed by atoms with van der Waals surface area (Å²) in [6.07, 6.45) is 3.30. The second-order valence-corrected chi connectivity index (χ2v) is 6.76. The molecule has 1 aromatic heterocycles. The van der Waals surface area contributed by atoms with Crippen LogP contribution in [-0.4, -0.2) is 38.4 Å². The second kappa shape index (κ2) is 8.97. The van der Waals surface area contributed by atoms with Crippen molar-refractivity contribution in [1.82, 2.24) is 5.32 Å². The zero-order chi connectivity index (χ0) is 16.6. The lowest BCUT2D eigenvalue weighted by atomic mass is 10.1. The van der Waals surface area contributed by atoms with Crippen LogP contribution in [0, 0.1) is 0 Å². The highest BCUT2D eigenvalue weighted by molar-refractivity contribution is 7.12. The van der Waals surface area contributed by atoms with E-state index in [4.69, 9.17) is 9.47 Å². The monoisotopic (exact) mass is 345 g/mol. The van der Waals surface area contributed by atoms with Crippen molar-refractivity contribution < 1.29 is 14.3 Å². The molecule has 1 aliphatic rings. The molecular formula is C19H23NO3S. The number of ether oxygens (including phenoxy) is 2. The first-order valence-electron chi connectivity index (χ1n) is 8.45. The van der Waals surface area contributed by atoms with Gasteiger partial charge in [0.25, 0.3) is 5.91 Å². The number of hydrogen-bond acceptors (Lipinski definition) is 4. The zero-order valence-electron chi connectivity index (χ0n) is 13.7. The van der Waals surface area contributed by atoms with Crippen LogP contribution in [0.4, 0.5) is 0 Å². The highest BCUT2D eigenvalue weighted by atomic mass is 32.1. The SMILES string of the molecule is O=C(NCCCOCC1CCCO1)c1sccc1-c1ccccc1. The highest BCUT2D eigenvalue weighted by Crippen LogP contribution is 2.27. The fourth-order valence-electron chi connectivity index (χ4n) is 2.78. The summed E-state index contributed by atoms with van der Waals surface area (Å²) in [6, 6.07) is 12.0. The van der Waals surface area contributed by atoms with Crippen LogP contribution in [-0.2, 0) is 9.47 Å². The van der Waals surface area contributed by atoms with Crippen molar-refractivity contribution >= 4 is 17.2 Å². The predicted molar refractivity (Wildman–Crippen MR) is 96.5 cm³/mol. The summed E-state index contributed by atoms with van der Waals surface area (Å²) in [5, 5.41) is 4.94. The molecule has 1 amide bonds. The third-order valence-electron chi connectivity index (χ3n) is 4.03. The van der Waals surface area contributed by atoms with Crippen molar-refractivity contribution in [3.8, 4) is 11.1 Å². The Morgan fingerprint density at radius 3 is 2.96 bits per heavy atom. The van der Waals surface area contributed by atoms with E-state index >= 15 is 0 Å². The van der Waals surface area contributed by atoms with Gasteiger partial charge in [-0.15, -0.1) is 11.3 Å². The summed E-state index contributed by atoms with van der Waals surface area (Å²) in [6.45, 7) is 2.79. The quantitative estimate of drug-likeness (QED) is 0.742. The van der Waals surface area contributed by atoms with E-state index in [1.807, 2.05) is 41.8 Å². The number of amides is 1. The highest BCUT2D eigenvalue weighted by Gasteiger charge is 2.15. The molecule has 4 nitrogen and oxygen atoms in total. The van der Waals surface area contributed by atoms with E-state index in [0.29, 0.717) is 19.8 Å². The summed E-state index contributed by atoms with van der Waals surface area (Å²) in [5.41, 5.74) is 2.07. The summed E-state index contributed by atoms with van der Waals surface area (Å²) in [5.74, 6) is -0.0111. The van der Waals surface area contributed by atoms with Gasteiger partial charge >= 0.3 is 0 Å². The first kappa shape index (κ1) is 17.1. The standard InChI is InChI=1S/C19H23NO3S/c21-19(20-10-5-11-22-14-16-8-4-12-23-16)18-17(9-13-24-18)15-6-2-1-3-7-15/h1-3,6-7,9,13,16H,4-5,8,10-12,14H2,(H,20,21). The lowest BCUT2D eigenvalue weighted by Crippen LogP contribution is -2.25. The fourth-order valence-corrected chi connectivity index (χ4v) is 3.61. The first-order valence-corrected chi connectivity index (χ1v) is 9.33. The van der Waals surface area contributed by atoms with E-state index in [1.54, 1.807) is 0 Å². The Balaban J connectivity index is 1.40. The number of nitrogens with one attached hydrogen (secondary N) is 1. The second-order valence-electron chi connectivity index (χ2n) is 5.85. The maximum absolute atomic E-state index is 12.4. The van der Waals surface area contributed by atoms with Crippen LogP contribution in [0.2, 0.25) is 0 Å². The number of carbonyl (C=O) groups excluding carboxylic acids is 1. The van der Waals surface area contributed by atoms with E-state index in [2.05, 4.69) is 5.32 Å². The Morgan fingerprint density at radius 1 is 1.29 bits per heavy atom. The predicted octanol–water partition coefficient (Wildman–Crippen LogP) is 3.73. The van der Waals surface area contributed by atoms with Crippen LogP contribution in [0.3, 0.4) is 0 Å². The van der Waals surface area contributed by atoms with Crippen LogP contribution < -0.4 is 5.32 Å². The Hall–Kier alpha value is -1.69. The molecule has 3 rings (SSSR count). The van der Waals surface area contributed by atoms with Crippen LogP contribution in [0.1, 0.15) is 28.9 Å². The van der Waals surface area contributed by atoms with E-state index in [0.717, 1.165) is 41.9 Å². The number of thiophene rings is 1. The van der Waals surface area contributed by atoms with Crippen molar-refractivity contribution in [2.75, 3.05) is 26.4 Å². The van der Waals surface area contributed by atoms with Gasteiger partial charge in [-0.2, -0.15) is 0 Å². The van der Waals surface area contributed by atoms with Crippen molar-refractivity contribution in [1.29, 1.82) is 0 Å². The summed E-state index contributed by atoms with van der Waals surface area (Å²) in [7, 11) is 0. The van der Waals surface area contributed by atoms with Gasteiger partial charge in [0, 0.05) is 25.3 Å². The van der Waals surface area contributed by atoms with Gasteiger partial charge in [0.1, 0.15) is 0 Å². The van der Waals surface area contributed by atoms with Gasteiger partial charge in [0.2, 0.25) is 0 Å². The summed E-state index contributed by atoms with van der Waals surface area (Å²) < 4.78 is 11.1. The van der Waals surface area contributed by atoms with Crippen LogP contribution in [0.25, 0.3) is 11.1 Å². The normalized spacial score (nSPS) is 17.1. The molecule has 1 N–H and O–H groups in total. The minimum absolute atomic E-state index is 0.0111. The van der Waals surface area contributed by atoms with Gasteiger partial charge in [0.05, 0.1) is 17.6 Å². The topological polar surface area (TPSA) is 47.6 Å². The molecular weight excluding hydrogens is 322 g/mol. The van der Waals surface area contributed by atoms with Crippen LogP contribution >= 0.6 is 11.3 Å². The van der Waals surface area contributed by atoms with Gasteiger partial charge < -0.3 is 14.8 Å². The fraction of sp³-hybridized carbons (Fsp3) is 0.421. The lowest BCUT2D eigenvalue weighted by Gasteiger charge is -2.10. The number of rotatable bonds is 8. The van der Waals surface area contributed by atoms with Gasteiger partial charge in [-0.3, -0.25) is 4.79 Å². The van der Waals surface area contributed by atoms with E-state index < -0.39 is 0 Å². The van der Waals surface area contributed by atoms with Crippen molar-refractivity contribution in [2.45, 2.75) is 25.4 Å². The van der Waals surface area contributed by atoms with E-state index in [9.17, 15) is 4.79 Å². The molecule has 24 heavy (non-hydrogen) atoms. The average molecular weight is 345 g/mol. The summed E-state index contributed by atoms with van der Waals surface area (Å²) >= 11 is 1.48. The van der Waals surface area contributed by atoms with Crippen LogP contribution in [0.15, 0.2) is 41.8 Å². The molecule has 0 aliphatic carbocycles. The van der Waals surface area contributed by atoms with Crippen LogP contribution in [0.5, 0.6) is 0 Å².